The number of nitrogen functional groups attached to an aromatic ring is 1. The molecule has 112 valence electrons. The van der Waals surface area contributed by atoms with Crippen molar-refractivity contribution in [3.05, 3.63) is 54.1 Å². The standard InChI is InChI=1S/C18H24N2O/c1-3-20(17-10-8-15(2)9-11-17)12-5-13-21-18-7-4-6-16(19)14-18/h4,6-11,14H,3,5,12-13,19H2,1-2H3. The Kier molecular flexibility index (Phi) is 5.50. The summed E-state index contributed by atoms with van der Waals surface area (Å²) in [5, 5.41) is 0. The molecule has 0 fully saturated rings. The van der Waals surface area contributed by atoms with E-state index in [0.717, 1.165) is 30.9 Å². The third-order valence-corrected chi connectivity index (χ3v) is 3.48. The minimum atomic E-state index is 0.700. The molecule has 0 aliphatic carbocycles. The fraction of sp³-hybridized carbons (Fsp3) is 0.333. The highest BCUT2D eigenvalue weighted by Gasteiger charge is 2.04. The van der Waals surface area contributed by atoms with Gasteiger partial charge in [0.05, 0.1) is 6.61 Å². The molecule has 0 radical (unpaired) electrons. The Morgan fingerprint density at radius 3 is 2.52 bits per heavy atom. The lowest BCUT2D eigenvalue weighted by Gasteiger charge is -2.23. The lowest BCUT2D eigenvalue weighted by Crippen LogP contribution is -2.25. The molecule has 0 atom stereocenters. The molecule has 2 rings (SSSR count). The maximum atomic E-state index is 5.73. The van der Waals surface area contributed by atoms with Crippen LogP contribution in [0.5, 0.6) is 5.75 Å². The number of ether oxygens (including phenoxy) is 1. The summed E-state index contributed by atoms with van der Waals surface area (Å²) in [6, 6.07) is 16.2. The molecule has 0 spiro atoms. The Bertz CT molecular complexity index is 551. The second-order valence-electron chi connectivity index (χ2n) is 5.19. The van der Waals surface area contributed by atoms with Gasteiger partial charge < -0.3 is 15.4 Å². The summed E-state index contributed by atoms with van der Waals surface area (Å²) >= 11 is 0. The van der Waals surface area contributed by atoms with Gasteiger partial charge in [0, 0.05) is 30.5 Å². The van der Waals surface area contributed by atoms with E-state index in [1.54, 1.807) is 0 Å². The van der Waals surface area contributed by atoms with E-state index in [1.165, 1.54) is 11.3 Å². The van der Waals surface area contributed by atoms with Crippen molar-refractivity contribution in [2.45, 2.75) is 20.3 Å². The number of hydrogen-bond acceptors (Lipinski definition) is 3. The van der Waals surface area contributed by atoms with Gasteiger partial charge in [0.25, 0.3) is 0 Å². The third-order valence-electron chi connectivity index (χ3n) is 3.48. The molecule has 0 saturated heterocycles. The van der Waals surface area contributed by atoms with Crippen LogP contribution in [-0.4, -0.2) is 19.7 Å². The van der Waals surface area contributed by atoms with Gasteiger partial charge in [0.15, 0.2) is 0 Å². The fourth-order valence-electron chi connectivity index (χ4n) is 2.28. The van der Waals surface area contributed by atoms with Gasteiger partial charge in [-0.1, -0.05) is 23.8 Å². The Balaban J connectivity index is 1.79. The van der Waals surface area contributed by atoms with E-state index in [0.29, 0.717) is 6.61 Å². The van der Waals surface area contributed by atoms with Crippen LogP contribution in [0.4, 0.5) is 11.4 Å². The van der Waals surface area contributed by atoms with Gasteiger partial charge in [-0.15, -0.1) is 0 Å². The molecular weight excluding hydrogens is 260 g/mol. The van der Waals surface area contributed by atoms with Crippen molar-refractivity contribution in [1.82, 2.24) is 0 Å². The molecule has 0 unspecified atom stereocenters. The van der Waals surface area contributed by atoms with E-state index >= 15 is 0 Å². The largest absolute Gasteiger partial charge is 0.493 e. The highest BCUT2D eigenvalue weighted by atomic mass is 16.5. The number of anilines is 2. The lowest BCUT2D eigenvalue weighted by molar-refractivity contribution is 0.312. The molecule has 2 aromatic carbocycles. The first kappa shape index (κ1) is 15.2. The zero-order valence-corrected chi connectivity index (χ0v) is 12.9. The molecule has 0 aliphatic heterocycles. The summed E-state index contributed by atoms with van der Waals surface area (Å²) in [5.74, 6) is 0.841. The Morgan fingerprint density at radius 2 is 1.86 bits per heavy atom. The van der Waals surface area contributed by atoms with Gasteiger partial charge in [-0.05, 0) is 44.5 Å². The smallest absolute Gasteiger partial charge is 0.121 e. The van der Waals surface area contributed by atoms with Gasteiger partial charge >= 0.3 is 0 Å². The number of nitrogens with two attached hydrogens (primary N) is 1. The molecule has 2 N–H and O–H groups in total. The van der Waals surface area contributed by atoms with Crippen molar-refractivity contribution in [2.24, 2.45) is 0 Å². The normalized spacial score (nSPS) is 10.4. The number of benzene rings is 2. The van der Waals surface area contributed by atoms with Crippen LogP contribution in [0.25, 0.3) is 0 Å². The molecular formula is C18H24N2O. The minimum Gasteiger partial charge on any atom is -0.493 e. The van der Waals surface area contributed by atoms with Gasteiger partial charge in [-0.25, -0.2) is 0 Å². The summed E-state index contributed by atoms with van der Waals surface area (Å²) in [5.41, 5.74) is 9.03. The number of rotatable bonds is 7. The van der Waals surface area contributed by atoms with Gasteiger partial charge in [0.2, 0.25) is 0 Å². The number of aryl methyl sites for hydroxylation is 1. The van der Waals surface area contributed by atoms with Crippen molar-refractivity contribution in [1.29, 1.82) is 0 Å². The van der Waals surface area contributed by atoms with Crippen LogP contribution in [-0.2, 0) is 0 Å². The van der Waals surface area contributed by atoms with E-state index in [9.17, 15) is 0 Å². The van der Waals surface area contributed by atoms with Crippen molar-refractivity contribution < 1.29 is 4.74 Å². The van der Waals surface area contributed by atoms with Crippen LogP contribution >= 0.6 is 0 Å². The van der Waals surface area contributed by atoms with Crippen molar-refractivity contribution in [3.8, 4) is 5.75 Å². The first-order valence-corrected chi connectivity index (χ1v) is 7.49. The maximum absolute atomic E-state index is 5.73. The molecule has 0 bridgehead atoms. The van der Waals surface area contributed by atoms with Crippen LogP contribution in [0.3, 0.4) is 0 Å². The van der Waals surface area contributed by atoms with Crippen LogP contribution in [0.1, 0.15) is 18.9 Å². The summed E-state index contributed by atoms with van der Waals surface area (Å²) in [7, 11) is 0. The van der Waals surface area contributed by atoms with Crippen LogP contribution in [0.2, 0.25) is 0 Å². The molecule has 0 heterocycles. The molecule has 2 aromatic rings. The monoisotopic (exact) mass is 284 g/mol. The van der Waals surface area contributed by atoms with E-state index < -0.39 is 0 Å². The molecule has 3 heteroatoms. The van der Waals surface area contributed by atoms with Gasteiger partial charge in [0.1, 0.15) is 5.75 Å². The molecule has 0 saturated carbocycles. The topological polar surface area (TPSA) is 38.5 Å². The van der Waals surface area contributed by atoms with E-state index in [4.69, 9.17) is 10.5 Å². The summed E-state index contributed by atoms with van der Waals surface area (Å²) in [4.78, 5) is 2.36. The van der Waals surface area contributed by atoms with Crippen LogP contribution in [0, 0.1) is 6.92 Å². The minimum absolute atomic E-state index is 0.700. The second-order valence-corrected chi connectivity index (χ2v) is 5.19. The van der Waals surface area contributed by atoms with Crippen molar-refractivity contribution >= 4 is 11.4 Å². The first-order valence-electron chi connectivity index (χ1n) is 7.49. The zero-order valence-electron chi connectivity index (χ0n) is 12.9. The first-order chi connectivity index (χ1) is 10.2. The SMILES string of the molecule is CCN(CCCOc1cccc(N)c1)c1ccc(C)cc1. The summed E-state index contributed by atoms with van der Waals surface area (Å²) < 4.78 is 5.73. The molecule has 0 aliphatic rings. The number of hydrogen-bond donors (Lipinski definition) is 1. The maximum Gasteiger partial charge on any atom is 0.121 e. The van der Waals surface area contributed by atoms with E-state index in [2.05, 4.69) is 43.0 Å². The lowest BCUT2D eigenvalue weighted by atomic mass is 10.2. The quantitative estimate of drug-likeness (QED) is 0.619. The molecule has 0 amide bonds. The van der Waals surface area contributed by atoms with E-state index in [-0.39, 0.29) is 0 Å². The van der Waals surface area contributed by atoms with Crippen molar-refractivity contribution in [3.63, 3.8) is 0 Å². The summed E-state index contributed by atoms with van der Waals surface area (Å²) in [6.45, 7) is 6.98. The third kappa shape index (κ3) is 4.71. The Hall–Kier alpha value is -2.16. The molecule has 3 nitrogen and oxygen atoms in total. The molecule has 21 heavy (non-hydrogen) atoms. The van der Waals surface area contributed by atoms with Crippen LogP contribution in [0.15, 0.2) is 48.5 Å². The van der Waals surface area contributed by atoms with Gasteiger partial charge in [-0.2, -0.15) is 0 Å². The Labute approximate surface area is 127 Å². The zero-order chi connectivity index (χ0) is 15.1. The average molecular weight is 284 g/mol. The average Bonchev–Trinajstić information content (AvgIpc) is 2.49. The fourth-order valence-corrected chi connectivity index (χ4v) is 2.28. The highest BCUT2D eigenvalue weighted by Crippen LogP contribution is 2.16. The predicted octanol–water partition coefficient (Wildman–Crippen LogP) is 3.87. The van der Waals surface area contributed by atoms with E-state index in [1.807, 2.05) is 24.3 Å². The van der Waals surface area contributed by atoms with Gasteiger partial charge in [-0.3, -0.25) is 0 Å². The second kappa shape index (κ2) is 7.58. The summed E-state index contributed by atoms with van der Waals surface area (Å²) in [6.07, 6.45) is 0.983. The van der Waals surface area contributed by atoms with Crippen molar-refractivity contribution in [2.75, 3.05) is 30.3 Å². The van der Waals surface area contributed by atoms with Crippen LogP contribution < -0.4 is 15.4 Å². The number of nitrogens with zero attached hydrogens (tertiary/aromatic N) is 1. The Morgan fingerprint density at radius 1 is 1.10 bits per heavy atom. The predicted molar refractivity (Wildman–Crippen MR) is 90.0 cm³/mol. The molecule has 0 aromatic heterocycles. The highest BCUT2D eigenvalue weighted by molar-refractivity contribution is 5.47.